The molecule has 0 bridgehead atoms. The molecule has 0 aliphatic carbocycles. The molecule has 0 saturated carbocycles. The summed E-state index contributed by atoms with van der Waals surface area (Å²) in [6.45, 7) is 1.92. The zero-order valence-electron chi connectivity index (χ0n) is 10.5. The lowest BCUT2D eigenvalue weighted by Crippen LogP contribution is -2.26. The molecule has 0 fully saturated rings. The van der Waals surface area contributed by atoms with Crippen LogP contribution in [0.3, 0.4) is 0 Å². The van der Waals surface area contributed by atoms with Crippen molar-refractivity contribution in [1.82, 2.24) is 20.5 Å². The van der Waals surface area contributed by atoms with E-state index in [2.05, 4.69) is 20.5 Å². The predicted octanol–water partition coefficient (Wildman–Crippen LogP) is 2.38. The van der Waals surface area contributed by atoms with E-state index < -0.39 is 0 Å². The number of carbonyl (C=O) groups is 1. The number of para-hydroxylation sites is 1. The van der Waals surface area contributed by atoms with Crippen LogP contribution in [0.15, 0.2) is 42.7 Å². The molecule has 5 nitrogen and oxygen atoms in total. The quantitative estimate of drug-likeness (QED) is 0.671. The van der Waals surface area contributed by atoms with Gasteiger partial charge in [0, 0.05) is 22.7 Å². The zero-order valence-corrected chi connectivity index (χ0v) is 10.5. The number of aromatic nitrogens is 3. The molecule has 0 saturated heterocycles. The number of hydrogen-bond donors (Lipinski definition) is 3. The number of amides is 1. The monoisotopic (exact) mass is 254 g/mol. The van der Waals surface area contributed by atoms with Crippen molar-refractivity contribution in [3.8, 4) is 0 Å². The van der Waals surface area contributed by atoms with E-state index in [0.29, 0.717) is 5.69 Å². The second-order valence-corrected chi connectivity index (χ2v) is 4.50. The van der Waals surface area contributed by atoms with Crippen LogP contribution in [0.2, 0.25) is 0 Å². The fraction of sp³-hybridized carbons (Fsp3) is 0.143. The van der Waals surface area contributed by atoms with Crippen LogP contribution in [0.1, 0.15) is 29.0 Å². The predicted molar refractivity (Wildman–Crippen MR) is 72.8 cm³/mol. The van der Waals surface area contributed by atoms with E-state index in [-0.39, 0.29) is 11.9 Å². The topological polar surface area (TPSA) is 73.6 Å². The van der Waals surface area contributed by atoms with Crippen LogP contribution < -0.4 is 5.32 Å². The Morgan fingerprint density at radius 1 is 1.37 bits per heavy atom. The molecule has 1 atom stereocenters. The standard InChI is InChI=1S/C14H14N4O/c1-9(11-7-15-16-8-11)17-14(19)13-6-10-4-2-3-5-12(10)18-13/h2-9,18H,1H3,(H,15,16)(H,17,19). The molecule has 3 rings (SSSR count). The highest BCUT2D eigenvalue weighted by atomic mass is 16.1. The van der Waals surface area contributed by atoms with Crippen LogP contribution in [0, 0.1) is 0 Å². The summed E-state index contributed by atoms with van der Waals surface area (Å²) < 4.78 is 0. The molecular weight excluding hydrogens is 240 g/mol. The minimum absolute atomic E-state index is 0.0855. The fourth-order valence-corrected chi connectivity index (χ4v) is 2.05. The molecule has 2 heterocycles. The fourth-order valence-electron chi connectivity index (χ4n) is 2.05. The number of H-pyrrole nitrogens is 2. The smallest absolute Gasteiger partial charge is 0.268 e. The van der Waals surface area contributed by atoms with Crippen LogP contribution in [0.4, 0.5) is 0 Å². The Labute approximate surface area is 110 Å². The largest absolute Gasteiger partial charge is 0.351 e. The molecule has 19 heavy (non-hydrogen) atoms. The zero-order chi connectivity index (χ0) is 13.2. The molecule has 96 valence electrons. The van der Waals surface area contributed by atoms with Gasteiger partial charge in [-0.3, -0.25) is 9.89 Å². The van der Waals surface area contributed by atoms with Gasteiger partial charge < -0.3 is 10.3 Å². The van der Waals surface area contributed by atoms with Gasteiger partial charge in [0.1, 0.15) is 5.69 Å². The van der Waals surface area contributed by atoms with E-state index in [4.69, 9.17) is 0 Å². The summed E-state index contributed by atoms with van der Waals surface area (Å²) in [5.74, 6) is -0.120. The van der Waals surface area contributed by atoms with Crippen molar-refractivity contribution in [2.24, 2.45) is 0 Å². The molecule has 3 aromatic rings. The minimum atomic E-state index is -0.120. The molecule has 0 radical (unpaired) electrons. The Hall–Kier alpha value is -2.56. The Kier molecular flexibility index (Phi) is 2.79. The number of rotatable bonds is 3. The van der Waals surface area contributed by atoms with Crippen LogP contribution in [0.5, 0.6) is 0 Å². The van der Waals surface area contributed by atoms with Gasteiger partial charge in [-0.05, 0) is 19.1 Å². The Balaban J connectivity index is 1.80. The van der Waals surface area contributed by atoms with E-state index >= 15 is 0 Å². The van der Waals surface area contributed by atoms with E-state index in [9.17, 15) is 4.79 Å². The molecule has 1 unspecified atom stereocenters. The third-order valence-electron chi connectivity index (χ3n) is 3.14. The number of hydrogen-bond acceptors (Lipinski definition) is 2. The first-order valence-electron chi connectivity index (χ1n) is 6.11. The highest BCUT2D eigenvalue weighted by Gasteiger charge is 2.13. The molecular formula is C14H14N4O. The van der Waals surface area contributed by atoms with Crippen molar-refractivity contribution in [1.29, 1.82) is 0 Å². The second kappa shape index (κ2) is 4.61. The lowest BCUT2D eigenvalue weighted by Gasteiger charge is -2.10. The van der Waals surface area contributed by atoms with Crippen molar-refractivity contribution < 1.29 is 4.79 Å². The van der Waals surface area contributed by atoms with Gasteiger partial charge in [-0.15, -0.1) is 0 Å². The summed E-state index contributed by atoms with van der Waals surface area (Å²) in [5, 5.41) is 10.6. The van der Waals surface area contributed by atoms with Crippen LogP contribution in [-0.4, -0.2) is 21.1 Å². The number of nitrogens with one attached hydrogen (secondary N) is 3. The second-order valence-electron chi connectivity index (χ2n) is 4.50. The number of nitrogens with zero attached hydrogens (tertiary/aromatic N) is 1. The average Bonchev–Trinajstić information content (AvgIpc) is 3.07. The highest BCUT2D eigenvalue weighted by Crippen LogP contribution is 2.16. The number of fused-ring (bicyclic) bond motifs is 1. The van der Waals surface area contributed by atoms with Gasteiger partial charge >= 0.3 is 0 Å². The first kappa shape index (κ1) is 11.5. The number of carbonyl (C=O) groups excluding carboxylic acids is 1. The molecule has 2 aromatic heterocycles. The van der Waals surface area contributed by atoms with E-state index in [1.807, 2.05) is 37.3 Å². The van der Waals surface area contributed by atoms with Crippen LogP contribution >= 0.6 is 0 Å². The molecule has 1 amide bonds. The lowest BCUT2D eigenvalue weighted by molar-refractivity contribution is 0.0935. The SMILES string of the molecule is CC(NC(=O)c1cc2ccccc2[nH]1)c1cn[nH]c1. The molecule has 0 spiro atoms. The van der Waals surface area contributed by atoms with Crippen LogP contribution in [-0.2, 0) is 0 Å². The van der Waals surface area contributed by atoms with Gasteiger partial charge in [-0.1, -0.05) is 18.2 Å². The Morgan fingerprint density at radius 2 is 2.21 bits per heavy atom. The normalized spacial score (nSPS) is 12.5. The van der Waals surface area contributed by atoms with Crippen molar-refractivity contribution in [2.45, 2.75) is 13.0 Å². The molecule has 0 aliphatic heterocycles. The molecule has 5 heteroatoms. The van der Waals surface area contributed by atoms with E-state index in [1.54, 1.807) is 12.4 Å². The van der Waals surface area contributed by atoms with Gasteiger partial charge in [0.25, 0.3) is 5.91 Å². The summed E-state index contributed by atoms with van der Waals surface area (Å²) in [5.41, 5.74) is 2.48. The summed E-state index contributed by atoms with van der Waals surface area (Å²) in [4.78, 5) is 15.3. The van der Waals surface area contributed by atoms with Gasteiger partial charge in [0.15, 0.2) is 0 Å². The highest BCUT2D eigenvalue weighted by molar-refractivity contribution is 5.98. The maximum Gasteiger partial charge on any atom is 0.268 e. The average molecular weight is 254 g/mol. The van der Waals surface area contributed by atoms with Crippen molar-refractivity contribution in [2.75, 3.05) is 0 Å². The van der Waals surface area contributed by atoms with Crippen molar-refractivity contribution in [3.05, 3.63) is 54.0 Å². The van der Waals surface area contributed by atoms with Crippen molar-refractivity contribution in [3.63, 3.8) is 0 Å². The number of benzene rings is 1. The summed E-state index contributed by atoms with van der Waals surface area (Å²) in [6, 6.07) is 9.58. The first-order valence-corrected chi connectivity index (χ1v) is 6.11. The summed E-state index contributed by atoms with van der Waals surface area (Å²) in [6.07, 6.45) is 3.48. The van der Waals surface area contributed by atoms with Gasteiger partial charge in [0.2, 0.25) is 0 Å². The summed E-state index contributed by atoms with van der Waals surface area (Å²) in [7, 11) is 0. The summed E-state index contributed by atoms with van der Waals surface area (Å²) >= 11 is 0. The number of aromatic amines is 2. The third-order valence-corrected chi connectivity index (χ3v) is 3.14. The first-order chi connectivity index (χ1) is 9.24. The third kappa shape index (κ3) is 2.22. The Morgan fingerprint density at radius 3 is 2.95 bits per heavy atom. The van der Waals surface area contributed by atoms with E-state index in [0.717, 1.165) is 16.5 Å². The van der Waals surface area contributed by atoms with Crippen LogP contribution in [0.25, 0.3) is 10.9 Å². The van der Waals surface area contributed by atoms with Crippen molar-refractivity contribution >= 4 is 16.8 Å². The molecule has 0 aliphatic rings. The maximum atomic E-state index is 12.1. The minimum Gasteiger partial charge on any atom is -0.351 e. The van der Waals surface area contributed by atoms with Gasteiger partial charge in [0.05, 0.1) is 12.2 Å². The maximum absolute atomic E-state index is 12.1. The molecule has 3 N–H and O–H groups in total. The van der Waals surface area contributed by atoms with Gasteiger partial charge in [-0.2, -0.15) is 5.10 Å². The van der Waals surface area contributed by atoms with E-state index in [1.165, 1.54) is 0 Å². The Bertz CT molecular complexity index is 666. The molecule has 1 aromatic carbocycles. The lowest BCUT2D eigenvalue weighted by atomic mass is 10.2. The van der Waals surface area contributed by atoms with Gasteiger partial charge in [-0.25, -0.2) is 0 Å².